The first-order valence-corrected chi connectivity index (χ1v) is 6.38. The van der Waals surface area contributed by atoms with Gasteiger partial charge in [0.2, 0.25) is 11.1 Å². The summed E-state index contributed by atoms with van der Waals surface area (Å²) < 4.78 is 1.90. The number of pyridine rings is 1. The van der Waals surface area contributed by atoms with Crippen molar-refractivity contribution in [2.45, 2.75) is 17.1 Å². The molecule has 3 rings (SSSR count). The molecular formula is C11H11N7S. The Balaban J connectivity index is 1.99. The fourth-order valence-corrected chi connectivity index (χ4v) is 2.52. The van der Waals surface area contributed by atoms with Crippen LogP contribution in [0.4, 0.5) is 5.95 Å². The number of aromatic nitrogens is 5. The molecule has 0 fully saturated rings. The minimum atomic E-state index is 0.385. The topological polar surface area (TPSA) is 94.0 Å². The second kappa shape index (κ2) is 4.82. The second-order valence-corrected chi connectivity index (χ2v) is 4.82. The molecule has 0 aromatic carbocycles. The molecule has 0 aliphatic heterocycles. The molecule has 0 bridgehead atoms. The summed E-state index contributed by atoms with van der Waals surface area (Å²) >= 11 is 1.41. The molecule has 0 saturated heterocycles. The quantitative estimate of drug-likeness (QED) is 0.421. The van der Waals surface area contributed by atoms with Crippen LogP contribution in [0.5, 0.6) is 0 Å². The lowest BCUT2D eigenvalue weighted by Gasteiger charge is -2.03. The van der Waals surface area contributed by atoms with E-state index in [1.165, 1.54) is 11.8 Å². The molecule has 0 atom stereocenters. The Labute approximate surface area is 113 Å². The number of anilines is 1. The Bertz CT molecular complexity index is 724. The van der Waals surface area contributed by atoms with Crippen LogP contribution in [0.2, 0.25) is 0 Å². The highest BCUT2D eigenvalue weighted by atomic mass is 32.2. The van der Waals surface area contributed by atoms with Crippen molar-refractivity contribution in [2.75, 3.05) is 5.43 Å². The first-order chi connectivity index (χ1) is 9.26. The number of rotatable bonds is 3. The Hall–Kier alpha value is -2.19. The van der Waals surface area contributed by atoms with Crippen LogP contribution in [0.3, 0.4) is 0 Å². The van der Waals surface area contributed by atoms with Crippen molar-refractivity contribution < 1.29 is 0 Å². The zero-order valence-electron chi connectivity index (χ0n) is 10.1. The largest absolute Gasteiger partial charge is 0.292 e. The predicted octanol–water partition coefficient (Wildman–Crippen LogP) is 1.26. The van der Waals surface area contributed by atoms with E-state index in [0.29, 0.717) is 5.95 Å². The van der Waals surface area contributed by atoms with Crippen molar-refractivity contribution in [1.82, 2.24) is 24.6 Å². The van der Waals surface area contributed by atoms with E-state index in [0.717, 1.165) is 21.5 Å². The minimum Gasteiger partial charge on any atom is -0.292 e. The molecule has 8 heteroatoms. The normalized spacial score (nSPS) is 10.8. The minimum absolute atomic E-state index is 0.385. The number of hydrogen-bond donors (Lipinski definition) is 2. The lowest BCUT2D eigenvalue weighted by Crippen LogP contribution is -2.11. The number of aryl methyl sites for hydroxylation is 1. The summed E-state index contributed by atoms with van der Waals surface area (Å²) in [7, 11) is 0. The van der Waals surface area contributed by atoms with E-state index < -0.39 is 0 Å². The number of nitrogens with one attached hydrogen (secondary N) is 1. The maximum absolute atomic E-state index is 5.33. The summed E-state index contributed by atoms with van der Waals surface area (Å²) in [4.78, 5) is 8.41. The van der Waals surface area contributed by atoms with Crippen molar-refractivity contribution in [1.29, 1.82) is 0 Å². The molecular weight excluding hydrogens is 262 g/mol. The first-order valence-electron chi connectivity index (χ1n) is 5.56. The van der Waals surface area contributed by atoms with Gasteiger partial charge in [0.25, 0.3) is 0 Å². The Morgan fingerprint density at radius 1 is 1.26 bits per heavy atom. The highest BCUT2D eigenvalue weighted by Gasteiger charge is 2.09. The molecule has 3 aromatic rings. The Morgan fingerprint density at radius 2 is 2.16 bits per heavy atom. The third-order valence-corrected chi connectivity index (χ3v) is 3.32. The van der Waals surface area contributed by atoms with Gasteiger partial charge in [-0.3, -0.25) is 9.83 Å². The highest BCUT2D eigenvalue weighted by molar-refractivity contribution is 7.99. The van der Waals surface area contributed by atoms with E-state index in [1.807, 2.05) is 41.8 Å². The van der Waals surface area contributed by atoms with Gasteiger partial charge in [0.05, 0.1) is 0 Å². The fraction of sp³-hybridized carbons (Fsp3) is 0.0909. The molecule has 0 radical (unpaired) electrons. The van der Waals surface area contributed by atoms with Gasteiger partial charge in [-0.05, 0) is 36.9 Å². The van der Waals surface area contributed by atoms with Crippen LogP contribution in [0.25, 0.3) is 5.65 Å². The maximum Gasteiger partial charge on any atom is 0.238 e. The van der Waals surface area contributed by atoms with Gasteiger partial charge in [-0.2, -0.15) is 0 Å². The molecule has 0 aliphatic rings. The van der Waals surface area contributed by atoms with Crippen LogP contribution in [0, 0.1) is 6.92 Å². The van der Waals surface area contributed by atoms with Gasteiger partial charge in [0.1, 0.15) is 5.03 Å². The van der Waals surface area contributed by atoms with Crippen LogP contribution in [-0.4, -0.2) is 24.6 Å². The van der Waals surface area contributed by atoms with E-state index >= 15 is 0 Å². The van der Waals surface area contributed by atoms with Gasteiger partial charge < -0.3 is 0 Å². The van der Waals surface area contributed by atoms with Crippen molar-refractivity contribution in [3.05, 3.63) is 36.2 Å². The molecule has 0 amide bonds. The van der Waals surface area contributed by atoms with E-state index in [4.69, 9.17) is 5.84 Å². The van der Waals surface area contributed by atoms with Gasteiger partial charge in [-0.15, -0.1) is 10.2 Å². The lowest BCUT2D eigenvalue weighted by molar-refractivity contribution is 0.912. The summed E-state index contributed by atoms with van der Waals surface area (Å²) in [6, 6.07) is 7.62. The average molecular weight is 273 g/mol. The van der Waals surface area contributed by atoms with Crippen molar-refractivity contribution in [3.63, 3.8) is 0 Å². The molecule has 0 unspecified atom stereocenters. The van der Waals surface area contributed by atoms with E-state index in [-0.39, 0.29) is 0 Å². The van der Waals surface area contributed by atoms with Gasteiger partial charge >= 0.3 is 0 Å². The Morgan fingerprint density at radius 3 is 3.00 bits per heavy atom. The van der Waals surface area contributed by atoms with Gasteiger partial charge in [0.15, 0.2) is 5.65 Å². The fourth-order valence-electron chi connectivity index (χ4n) is 1.64. The summed E-state index contributed by atoms with van der Waals surface area (Å²) in [5.74, 6) is 5.72. The lowest BCUT2D eigenvalue weighted by atomic mass is 10.5. The van der Waals surface area contributed by atoms with E-state index in [1.54, 1.807) is 0 Å². The second-order valence-electron chi connectivity index (χ2n) is 3.83. The molecule has 7 nitrogen and oxygen atoms in total. The standard InChI is InChI=1S/C11H11N7S/c1-7-6-9(14-10(13-7)15-12)19-11-17-16-8-4-2-3-5-18(8)11/h2-6H,12H2,1H3,(H,13,14,15). The summed E-state index contributed by atoms with van der Waals surface area (Å²) in [6.07, 6.45) is 1.91. The number of hydrogen-bond acceptors (Lipinski definition) is 7. The van der Waals surface area contributed by atoms with Gasteiger partial charge in [0, 0.05) is 11.9 Å². The van der Waals surface area contributed by atoms with Gasteiger partial charge in [-0.1, -0.05) is 6.07 Å². The molecule has 0 spiro atoms. The summed E-state index contributed by atoms with van der Waals surface area (Å²) in [5.41, 5.74) is 4.08. The third kappa shape index (κ3) is 2.35. The smallest absolute Gasteiger partial charge is 0.238 e. The van der Waals surface area contributed by atoms with Crippen LogP contribution in [0.15, 0.2) is 40.6 Å². The van der Waals surface area contributed by atoms with Crippen molar-refractivity contribution in [3.8, 4) is 0 Å². The van der Waals surface area contributed by atoms with Crippen LogP contribution in [0.1, 0.15) is 5.69 Å². The molecule has 0 aliphatic carbocycles. The summed E-state index contributed by atoms with van der Waals surface area (Å²) in [5, 5.41) is 9.74. The number of nitrogens with two attached hydrogens (primary N) is 1. The van der Waals surface area contributed by atoms with Gasteiger partial charge in [-0.25, -0.2) is 15.8 Å². The van der Waals surface area contributed by atoms with E-state index in [9.17, 15) is 0 Å². The average Bonchev–Trinajstić information content (AvgIpc) is 2.82. The molecule has 19 heavy (non-hydrogen) atoms. The SMILES string of the molecule is Cc1cc(Sc2nnc3ccccn23)nc(NN)n1. The molecule has 3 aromatic heterocycles. The molecule has 0 saturated carbocycles. The molecule has 3 heterocycles. The highest BCUT2D eigenvalue weighted by Crippen LogP contribution is 2.25. The van der Waals surface area contributed by atoms with E-state index in [2.05, 4.69) is 25.6 Å². The Kier molecular flexibility index (Phi) is 3.02. The number of nitrogens with zero attached hydrogens (tertiary/aromatic N) is 5. The zero-order valence-corrected chi connectivity index (χ0v) is 10.9. The van der Waals surface area contributed by atoms with Crippen molar-refractivity contribution >= 4 is 23.4 Å². The van der Waals surface area contributed by atoms with Crippen molar-refractivity contribution in [2.24, 2.45) is 5.84 Å². The zero-order chi connectivity index (χ0) is 13.2. The predicted molar refractivity (Wildman–Crippen MR) is 71.7 cm³/mol. The first kappa shape index (κ1) is 11.9. The maximum atomic E-state index is 5.33. The van der Waals surface area contributed by atoms with Crippen LogP contribution < -0.4 is 11.3 Å². The molecule has 3 N–H and O–H groups in total. The number of fused-ring (bicyclic) bond motifs is 1. The number of nitrogen functional groups attached to an aromatic ring is 1. The van der Waals surface area contributed by atoms with Crippen LogP contribution in [-0.2, 0) is 0 Å². The molecule has 96 valence electrons. The number of hydrazine groups is 1. The monoisotopic (exact) mass is 273 g/mol. The summed E-state index contributed by atoms with van der Waals surface area (Å²) in [6.45, 7) is 1.88. The van der Waals surface area contributed by atoms with Crippen LogP contribution >= 0.6 is 11.8 Å². The third-order valence-electron chi connectivity index (χ3n) is 2.44.